The number of ether oxygens (including phenoxy) is 2. The lowest BCUT2D eigenvalue weighted by molar-refractivity contribution is -0.166. The number of carbonyl (C=O) groups is 5. The Bertz CT molecular complexity index is 2200. The molecule has 9 nitrogen and oxygen atoms in total. The van der Waals surface area contributed by atoms with Gasteiger partial charge in [-0.3, -0.25) is 28.9 Å². The summed E-state index contributed by atoms with van der Waals surface area (Å²) in [5.74, 6) is -2.09. The molecule has 10 heteroatoms. The predicted octanol–water partition coefficient (Wildman–Crippen LogP) is 6.28. The lowest BCUT2D eigenvalue weighted by Crippen LogP contribution is -2.79. The zero-order valence-corrected chi connectivity index (χ0v) is 25.9. The van der Waals surface area contributed by atoms with Gasteiger partial charge in [-0.1, -0.05) is 54.1 Å². The van der Waals surface area contributed by atoms with Crippen molar-refractivity contribution in [2.75, 3.05) is 12.0 Å². The molecule has 0 bridgehead atoms. The van der Waals surface area contributed by atoms with Crippen LogP contribution in [0.15, 0.2) is 115 Å². The van der Waals surface area contributed by atoms with Gasteiger partial charge in [-0.05, 0) is 78.4 Å². The van der Waals surface area contributed by atoms with Crippen LogP contribution in [0.2, 0.25) is 5.02 Å². The van der Waals surface area contributed by atoms with E-state index in [4.69, 9.17) is 21.1 Å². The number of rotatable bonds is 6. The minimum Gasteiger partial charge on any atom is -0.497 e. The highest BCUT2D eigenvalue weighted by molar-refractivity contribution is 6.30. The molecule has 5 aromatic carbocycles. The van der Waals surface area contributed by atoms with E-state index < -0.39 is 29.5 Å². The smallest absolute Gasteiger partial charge is 0.297 e. The fourth-order valence-corrected chi connectivity index (χ4v) is 6.85. The Morgan fingerprint density at radius 2 is 1.12 bits per heavy atom. The largest absolute Gasteiger partial charge is 0.497 e. The lowest BCUT2D eigenvalue weighted by Gasteiger charge is -2.57. The number of nitrogens with zero attached hydrogens (tertiary/aromatic N) is 2. The Balaban J connectivity index is 1.35. The quantitative estimate of drug-likeness (QED) is 0.153. The first-order chi connectivity index (χ1) is 23.2. The molecule has 0 spiro atoms. The van der Waals surface area contributed by atoms with Gasteiger partial charge in [-0.25, -0.2) is 4.90 Å². The highest BCUT2D eigenvalue weighted by Gasteiger charge is 2.72. The minimum atomic E-state index is -2.24. The molecule has 1 fully saturated rings. The first-order valence-electron chi connectivity index (χ1n) is 15.0. The minimum absolute atomic E-state index is 0.124. The summed E-state index contributed by atoms with van der Waals surface area (Å²) in [7, 11) is 1.52. The molecule has 0 saturated carbocycles. The highest BCUT2D eigenvalue weighted by Crippen LogP contribution is 2.53. The first-order valence-corrected chi connectivity index (χ1v) is 15.3. The molecule has 2 heterocycles. The number of hydrogen-bond donors (Lipinski definition) is 0. The Morgan fingerprint density at radius 3 is 1.71 bits per heavy atom. The van der Waals surface area contributed by atoms with Gasteiger partial charge < -0.3 is 9.47 Å². The van der Waals surface area contributed by atoms with Crippen LogP contribution >= 0.6 is 11.6 Å². The maximum atomic E-state index is 14.8. The van der Waals surface area contributed by atoms with Crippen molar-refractivity contribution in [1.82, 2.24) is 4.90 Å². The van der Waals surface area contributed by atoms with Crippen LogP contribution in [-0.2, 0) is 4.79 Å². The Hall–Kier alpha value is -6.06. The maximum absolute atomic E-state index is 14.8. The van der Waals surface area contributed by atoms with E-state index in [1.807, 2.05) is 0 Å². The molecule has 1 saturated heterocycles. The average molecular weight is 655 g/mol. The monoisotopic (exact) mass is 654 g/mol. The summed E-state index contributed by atoms with van der Waals surface area (Å²) in [6, 6.07) is 29.3. The number of β-lactam (4-membered cyclic amide) rings is 1. The number of benzene rings is 5. The number of fused-ring (bicyclic) bond motifs is 3. The number of carbonyl (C=O) groups excluding carboxylic acids is 5. The second kappa shape index (κ2) is 10.8. The molecule has 3 aliphatic rings. The van der Waals surface area contributed by atoms with Crippen LogP contribution in [0.5, 0.6) is 11.5 Å². The molecular formula is C38H23ClN2O7. The van der Waals surface area contributed by atoms with E-state index in [-0.39, 0.29) is 45.1 Å². The third kappa shape index (κ3) is 4.07. The lowest BCUT2D eigenvalue weighted by atomic mass is 9.78. The van der Waals surface area contributed by atoms with E-state index >= 15 is 0 Å². The van der Waals surface area contributed by atoms with Gasteiger partial charge in [0.1, 0.15) is 17.5 Å². The summed E-state index contributed by atoms with van der Waals surface area (Å²) in [6.07, 6.45) is 0. The van der Waals surface area contributed by atoms with Crippen molar-refractivity contribution >= 4 is 46.6 Å². The van der Waals surface area contributed by atoms with Crippen molar-refractivity contribution in [3.05, 3.63) is 159 Å². The highest BCUT2D eigenvalue weighted by atomic mass is 35.5. The van der Waals surface area contributed by atoms with Gasteiger partial charge in [0.05, 0.1) is 18.2 Å². The molecule has 5 aromatic rings. The van der Waals surface area contributed by atoms with Crippen molar-refractivity contribution in [2.45, 2.75) is 11.8 Å². The van der Waals surface area contributed by atoms with Crippen molar-refractivity contribution in [3.63, 3.8) is 0 Å². The molecule has 48 heavy (non-hydrogen) atoms. The van der Waals surface area contributed by atoms with Gasteiger partial charge in [-0.2, -0.15) is 0 Å². The molecule has 1 aliphatic carbocycles. The second-order valence-electron chi connectivity index (χ2n) is 11.5. The number of hydrogen-bond acceptors (Lipinski definition) is 7. The summed E-state index contributed by atoms with van der Waals surface area (Å²) in [5.41, 5.74) is -0.326. The fraction of sp³-hybridized carbons (Fsp3) is 0.0789. The van der Waals surface area contributed by atoms with Crippen LogP contribution in [0.4, 0.5) is 5.69 Å². The molecule has 3 amide bonds. The molecule has 0 aromatic heterocycles. The summed E-state index contributed by atoms with van der Waals surface area (Å²) in [4.78, 5) is 72.6. The van der Waals surface area contributed by atoms with Crippen LogP contribution in [-0.4, -0.2) is 47.0 Å². The summed E-state index contributed by atoms with van der Waals surface area (Å²) >= 11 is 6.16. The SMILES string of the molecule is COc1ccc(N2C(=O)C(Oc3ccc(Cl)cc3)(N3C(=O)c4ccccc4C3=O)C2c2ccc3c(c2)C(=O)c2ccccc2C3=O)cc1. The standard InChI is InChI=1S/C38H23ClN2O7/c1-47-24-17-13-23(14-18-24)40-34(21-10-19-28-31(20-21)33(43)27-7-3-2-6-26(27)32(28)42)38(37(40)46,48-25-15-11-22(39)12-16-25)41-35(44)29-8-4-5-9-30(29)36(41)45/h2-20,34H,1H3. The molecule has 0 N–H and O–H groups in total. The molecule has 2 unspecified atom stereocenters. The van der Waals surface area contributed by atoms with E-state index in [1.54, 1.807) is 78.9 Å². The van der Waals surface area contributed by atoms with E-state index in [9.17, 15) is 24.0 Å². The Labute approximate surface area is 278 Å². The number of ketones is 2. The topological polar surface area (TPSA) is 110 Å². The van der Waals surface area contributed by atoms with Crippen LogP contribution in [0, 0.1) is 0 Å². The molecule has 2 atom stereocenters. The number of methoxy groups -OCH3 is 1. The van der Waals surface area contributed by atoms with E-state index in [1.165, 1.54) is 48.4 Å². The number of amides is 3. The second-order valence-corrected chi connectivity index (χ2v) is 12.0. The van der Waals surface area contributed by atoms with Gasteiger partial charge in [0.15, 0.2) is 11.6 Å². The Morgan fingerprint density at radius 1 is 0.604 bits per heavy atom. The molecule has 0 radical (unpaired) electrons. The van der Waals surface area contributed by atoms with E-state index in [0.717, 1.165) is 4.90 Å². The van der Waals surface area contributed by atoms with E-state index in [2.05, 4.69) is 0 Å². The third-order valence-electron chi connectivity index (χ3n) is 8.98. The van der Waals surface area contributed by atoms with Gasteiger partial charge in [0.2, 0.25) is 0 Å². The maximum Gasteiger partial charge on any atom is 0.297 e. The number of anilines is 1. The zero-order chi connectivity index (χ0) is 33.3. The molecule has 234 valence electrons. The average Bonchev–Trinajstić information content (AvgIpc) is 3.38. The first kappa shape index (κ1) is 29.3. The van der Waals surface area contributed by atoms with Gasteiger partial charge in [0.25, 0.3) is 23.4 Å². The van der Waals surface area contributed by atoms with Gasteiger partial charge in [-0.15, -0.1) is 0 Å². The van der Waals surface area contributed by atoms with Crippen LogP contribution in [0.3, 0.4) is 0 Å². The number of halogens is 1. The summed E-state index contributed by atoms with van der Waals surface area (Å²) < 4.78 is 11.9. The van der Waals surface area contributed by atoms with Gasteiger partial charge in [0, 0.05) is 33.0 Å². The fourth-order valence-electron chi connectivity index (χ4n) is 6.72. The van der Waals surface area contributed by atoms with Crippen LogP contribution < -0.4 is 14.4 Å². The summed E-state index contributed by atoms with van der Waals surface area (Å²) in [5, 5.41) is 0.409. The van der Waals surface area contributed by atoms with Crippen molar-refractivity contribution in [2.24, 2.45) is 0 Å². The molecule has 8 rings (SSSR count). The predicted molar refractivity (Wildman–Crippen MR) is 175 cm³/mol. The van der Waals surface area contributed by atoms with Crippen molar-refractivity contribution < 1.29 is 33.4 Å². The third-order valence-corrected chi connectivity index (χ3v) is 9.23. The molecular weight excluding hydrogens is 632 g/mol. The Kier molecular flexibility index (Phi) is 6.57. The van der Waals surface area contributed by atoms with Crippen molar-refractivity contribution in [1.29, 1.82) is 0 Å². The van der Waals surface area contributed by atoms with E-state index in [0.29, 0.717) is 27.6 Å². The van der Waals surface area contributed by atoms with Gasteiger partial charge >= 0.3 is 0 Å². The van der Waals surface area contributed by atoms with Crippen molar-refractivity contribution in [3.8, 4) is 11.5 Å². The molecule has 2 aliphatic heterocycles. The van der Waals surface area contributed by atoms with Crippen LogP contribution in [0.1, 0.15) is 64.2 Å². The summed E-state index contributed by atoms with van der Waals surface area (Å²) in [6.45, 7) is 0. The van der Waals surface area contributed by atoms with Crippen LogP contribution in [0.25, 0.3) is 0 Å². The number of imide groups is 1. The zero-order valence-electron chi connectivity index (χ0n) is 25.2. The normalized spacial score (nSPS) is 19.5.